The van der Waals surface area contributed by atoms with E-state index in [1.165, 1.54) is 11.8 Å². The zero-order valence-electron chi connectivity index (χ0n) is 18.6. The highest BCUT2D eigenvalue weighted by atomic mass is 16.5. The maximum atomic E-state index is 12.9. The number of aldehydes is 1. The number of likely N-dealkylation sites (tertiary alicyclic amines) is 1. The van der Waals surface area contributed by atoms with Crippen LogP contribution in [0.2, 0.25) is 0 Å². The Kier molecular flexibility index (Phi) is 8.34. The summed E-state index contributed by atoms with van der Waals surface area (Å²) >= 11 is 0. The van der Waals surface area contributed by atoms with Gasteiger partial charge in [0, 0.05) is 12.1 Å². The highest BCUT2D eigenvalue weighted by molar-refractivity contribution is 5.99. The summed E-state index contributed by atoms with van der Waals surface area (Å²) in [5, 5.41) is 13.9. The summed E-state index contributed by atoms with van der Waals surface area (Å²) in [6.45, 7) is 5.50. The second kappa shape index (κ2) is 10.7. The van der Waals surface area contributed by atoms with Crippen LogP contribution in [-0.4, -0.2) is 71.8 Å². The van der Waals surface area contributed by atoms with Crippen LogP contribution in [0.25, 0.3) is 0 Å². The minimum atomic E-state index is -1.22. The van der Waals surface area contributed by atoms with E-state index >= 15 is 0 Å². The molecule has 0 aliphatic carbocycles. The van der Waals surface area contributed by atoms with E-state index in [4.69, 9.17) is 9.84 Å². The first-order valence-corrected chi connectivity index (χ1v) is 10.3. The van der Waals surface area contributed by atoms with E-state index in [1.807, 2.05) is 13.8 Å². The van der Waals surface area contributed by atoms with E-state index in [1.54, 1.807) is 19.2 Å². The average molecular weight is 447 g/mol. The first-order chi connectivity index (χ1) is 15.1. The average Bonchev–Trinajstić information content (AvgIpc) is 3.21. The van der Waals surface area contributed by atoms with Crippen LogP contribution in [0.15, 0.2) is 12.1 Å². The number of nitrogens with zero attached hydrogens (tertiary/aromatic N) is 1. The van der Waals surface area contributed by atoms with Crippen molar-refractivity contribution in [3.8, 4) is 5.75 Å². The number of carboxylic acids is 1. The molecule has 1 aromatic carbocycles. The molecule has 174 valence electrons. The zero-order chi connectivity index (χ0) is 24.0. The van der Waals surface area contributed by atoms with Crippen LogP contribution in [0.3, 0.4) is 0 Å². The van der Waals surface area contributed by atoms with Gasteiger partial charge in [-0.15, -0.1) is 0 Å². The van der Waals surface area contributed by atoms with Gasteiger partial charge in [0.25, 0.3) is 5.91 Å². The predicted molar refractivity (Wildman–Crippen MR) is 114 cm³/mol. The number of ether oxygens (including phenoxy) is 1. The second-order valence-electron chi connectivity index (χ2n) is 7.88. The minimum Gasteiger partial charge on any atom is -0.496 e. The maximum Gasteiger partial charge on any atom is 0.305 e. The molecule has 10 nitrogen and oxygen atoms in total. The Morgan fingerprint density at radius 2 is 1.84 bits per heavy atom. The number of benzene rings is 1. The molecule has 1 unspecified atom stereocenters. The van der Waals surface area contributed by atoms with Crippen molar-refractivity contribution in [1.29, 1.82) is 0 Å². The van der Waals surface area contributed by atoms with Crippen LogP contribution in [0, 0.1) is 13.8 Å². The van der Waals surface area contributed by atoms with Gasteiger partial charge in [-0.2, -0.15) is 0 Å². The van der Waals surface area contributed by atoms with Gasteiger partial charge in [-0.25, -0.2) is 0 Å². The van der Waals surface area contributed by atoms with Gasteiger partial charge in [0.2, 0.25) is 11.8 Å². The van der Waals surface area contributed by atoms with Crippen LogP contribution < -0.4 is 15.4 Å². The number of carboxylic acid groups (broad SMARTS) is 1. The van der Waals surface area contributed by atoms with Gasteiger partial charge in [0.1, 0.15) is 24.1 Å². The van der Waals surface area contributed by atoms with E-state index < -0.39 is 48.2 Å². The number of hydrogen-bond acceptors (Lipinski definition) is 6. The van der Waals surface area contributed by atoms with Crippen molar-refractivity contribution in [3.63, 3.8) is 0 Å². The largest absolute Gasteiger partial charge is 0.496 e. The molecule has 0 spiro atoms. The third kappa shape index (κ3) is 5.83. The predicted octanol–water partition coefficient (Wildman–Crippen LogP) is 0.580. The first-order valence-electron chi connectivity index (χ1n) is 10.3. The molecule has 0 aromatic heterocycles. The zero-order valence-corrected chi connectivity index (χ0v) is 18.6. The van der Waals surface area contributed by atoms with Crippen LogP contribution >= 0.6 is 0 Å². The summed E-state index contributed by atoms with van der Waals surface area (Å²) in [4.78, 5) is 61.4. The lowest BCUT2D eigenvalue weighted by Gasteiger charge is -2.28. The lowest BCUT2D eigenvalue weighted by molar-refractivity contribution is -0.141. The van der Waals surface area contributed by atoms with Gasteiger partial charge in [0.15, 0.2) is 0 Å². The van der Waals surface area contributed by atoms with Gasteiger partial charge in [-0.3, -0.25) is 19.2 Å². The Balaban J connectivity index is 2.06. The minimum absolute atomic E-state index is 0.322. The fourth-order valence-electron chi connectivity index (χ4n) is 3.90. The summed E-state index contributed by atoms with van der Waals surface area (Å²) in [6.07, 6.45) is 0.775. The molecule has 10 heteroatoms. The van der Waals surface area contributed by atoms with E-state index in [9.17, 15) is 24.0 Å². The standard InChI is InChI=1S/C22H29N3O7/c1-12-8-15(9-13(2)19(12)32-4)20(29)23-14(3)22(31)25-7-5-6-17(25)21(30)24-16(11-26)10-18(27)28/h8-9,11,14,16-17H,5-7,10H2,1-4H3,(H,23,29)(H,24,30)(H,27,28)/t14-,16-,17?/m0/s1. The first kappa shape index (κ1) is 24.8. The Morgan fingerprint density at radius 1 is 1.22 bits per heavy atom. The van der Waals surface area contributed by atoms with Crippen molar-refractivity contribution >= 4 is 30.0 Å². The maximum absolute atomic E-state index is 12.9. The topological polar surface area (TPSA) is 142 Å². The number of hydrogen-bond donors (Lipinski definition) is 3. The van der Waals surface area contributed by atoms with E-state index in [2.05, 4.69) is 10.6 Å². The molecular weight excluding hydrogens is 418 g/mol. The number of methoxy groups -OCH3 is 1. The van der Waals surface area contributed by atoms with E-state index in [0.29, 0.717) is 37.0 Å². The molecule has 3 amide bonds. The summed E-state index contributed by atoms with van der Waals surface area (Å²) in [5.41, 5.74) is 1.97. The van der Waals surface area contributed by atoms with Crippen LogP contribution in [0.4, 0.5) is 0 Å². The van der Waals surface area contributed by atoms with E-state index in [0.717, 1.165) is 11.1 Å². The second-order valence-corrected chi connectivity index (χ2v) is 7.88. The lowest BCUT2D eigenvalue weighted by atomic mass is 10.0. The van der Waals surface area contributed by atoms with Crippen LogP contribution in [0.1, 0.15) is 47.7 Å². The van der Waals surface area contributed by atoms with Gasteiger partial charge in [0.05, 0.1) is 19.6 Å². The lowest BCUT2D eigenvalue weighted by Crippen LogP contribution is -2.54. The summed E-state index contributed by atoms with van der Waals surface area (Å²) in [5.74, 6) is -1.98. The molecule has 1 heterocycles. The van der Waals surface area contributed by atoms with Gasteiger partial charge in [-0.1, -0.05) is 0 Å². The number of rotatable bonds is 9. The Labute approximate surface area is 186 Å². The highest BCUT2D eigenvalue weighted by Crippen LogP contribution is 2.24. The number of amides is 3. The smallest absolute Gasteiger partial charge is 0.305 e. The Morgan fingerprint density at radius 3 is 2.38 bits per heavy atom. The fourth-order valence-corrected chi connectivity index (χ4v) is 3.90. The van der Waals surface area contributed by atoms with Gasteiger partial charge < -0.3 is 30.2 Å². The molecule has 3 N–H and O–H groups in total. The van der Waals surface area contributed by atoms with Crippen LogP contribution in [-0.2, 0) is 19.2 Å². The number of nitrogens with one attached hydrogen (secondary N) is 2. The van der Waals surface area contributed by atoms with Crippen molar-refractivity contribution in [2.45, 2.75) is 58.2 Å². The molecule has 2 rings (SSSR count). The quantitative estimate of drug-likeness (QED) is 0.470. The molecule has 1 saturated heterocycles. The number of carbonyl (C=O) groups excluding carboxylic acids is 4. The molecule has 1 aromatic rings. The number of aliphatic carboxylic acids is 1. The molecule has 3 atom stereocenters. The summed E-state index contributed by atoms with van der Waals surface area (Å²) in [7, 11) is 1.55. The summed E-state index contributed by atoms with van der Waals surface area (Å²) < 4.78 is 5.30. The van der Waals surface area contributed by atoms with Gasteiger partial charge >= 0.3 is 5.97 Å². The molecular formula is C22H29N3O7. The van der Waals surface area contributed by atoms with Crippen molar-refractivity contribution in [2.24, 2.45) is 0 Å². The van der Waals surface area contributed by atoms with Crippen molar-refractivity contribution in [2.75, 3.05) is 13.7 Å². The van der Waals surface area contributed by atoms with Gasteiger partial charge in [-0.05, 0) is 56.9 Å². The number of aryl methyl sites for hydroxylation is 2. The van der Waals surface area contributed by atoms with Crippen molar-refractivity contribution in [1.82, 2.24) is 15.5 Å². The van der Waals surface area contributed by atoms with Crippen LogP contribution in [0.5, 0.6) is 5.75 Å². The highest BCUT2D eigenvalue weighted by Gasteiger charge is 2.37. The van der Waals surface area contributed by atoms with Crippen molar-refractivity contribution in [3.05, 3.63) is 28.8 Å². The Bertz CT molecular complexity index is 892. The molecule has 32 heavy (non-hydrogen) atoms. The summed E-state index contributed by atoms with van der Waals surface area (Å²) in [6, 6.07) is 0.457. The molecule has 0 bridgehead atoms. The monoisotopic (exact) mass is 447 g/mol. The SMILES string of the molecule is COc1c(C)cc(C(=O)N[C@@H](C)C(=O)N2CCCC2C(=O)N[C@H](C=O)CC(=O)O)cc1C. The molecule has 0 saturated carbocycles. The fraction of sp³-hybridized carbons (Fsp3) is 0.500. The Hall–Kier alpha value is -3.43. The normalized spacial score (nSPS) is 17.2. The molecule has 1 aliphatic rings. The molecule has 1 aliphatic heterocycles. The molecule has 0 radical (unpaired) electrons. The third-order valence-electron chi connectivity index (χ3n) is 5.37. The number of carbonyl (C=O) groups is 5. The third-order valence-corrected chi connectivity index (χ3v) is 5.37. The van der Waals surface area contributed by atoms with Crippen molar-refractivity contribution < 1.29 is 33.8 Å². The van der Waals surface area contributed by atoms with E-state index in [-0.39, 0.29) is 0 Å². The molecule has 1 fully saturated rings.